The third kappa shape index (κ3) is 4.98. The van der Waals surface area contributed by atoms with E-state index >= 15 is 0 Å². The van der Waals surface area contributed by atoms with Gasteiger partial charge in [-0.2, -0.15) is 5.10 Å². The van der Waals surface area contributed by atoms with E-state index in [1.807, 2.05) is 12.1 Å². The number of benzene rings is 2. The predicted octanol–water partition coefficient (Wildman–Crippen LogP) is 4.12. The third-order valence-corrected chi connectivity index (χ3v) is 7.86. The molecular weight excluding hydrogens is 478 g/mol. The molecule has 0 aliphatic carbocycles. The number of rotatable bonds is 7. The van der Waals surface area contributed by atoms with Crippen molar-refractivity contribution in [3.05, 3.63) is 36.4 Å². The largest absolute Gasteiger partial charge is 0.487 e. The number of nitrogens with zero attached hydrogens (tertiary/aromatic N) is 5. The third-order valence-electron chi connectivity index (χ3n) is 7.86. The van der Waals surface area contributed by atoms with Crippen molar-refractivity contribution >= 4 is 27.6 Å². The lowest BCUT2D eigenvalue weighted by Crippen LogP contribution is -2.51. The Bertz CT molecular complexity index is 1400. The normalized spacial score (nSPS) is 23.1. The van der Waals surface area contributed by atoms with Crippen LogP contribution in [-0.4, -0.2) is 102 Å². The quantitative estimate of drug-likeness (QED) is 0.381. The Hall–Kier alpha value is -3.14. The number of aromatic nitrogens is 4. The zero-order chi connectivity index (χ0) is 26.2. The number of morpholine rings is 1. The number of hydrogen-bond donors (Lipinski definition) is 2. The molecule has 2 saturated heterocycles. The molecule has 2 aliphatic heterocycles. The number of para-hydroxylation sites is 1. The summed E-state index contributed by atoms with van der Waals surface area (Å²) in [5.74, 6) is 1.62. The van der Waals surface area contributed by atoms with Crippen molar-refractivity contribution in [3.8, 4) is 17.3 Å². The second-order valence-electron chi connectivity index (χ2n) is 11.0. The SMILES string of the molecule is CCN1CCCC(Oc2cccc3c(-c4nc5ccc(N6CC(CN(C)C)OCC6C)cc5[nH]4)n[nH]c23)C1. The Morgan fingerprint density at radius 1 is 1.18 bits per heavy atom. The van der Waals surface area contributed by atoms with Crippen LogP contribution in [0.1, 0.15) is 26.7 Å². The molecule has 2 N–H and O–H groups in total. The monoisotopic (exact) mass is 517 g/mol. The molecule has 4 heterocycles. The zero-order valence-electron chi connectivity index (χ0n) is 22.9. The van der Waals surface area contributed by atoms with Crippen molar-refractivity contribution in [1.82, 2.24) is 30.0 Å². The number of likely N-dealkylation sites (tertiary alicyclic amines) is 1. The first-order chi connectivity index (χ1) is 18.5. The fourth-order valence-corrected chi connectivity index (χ4v) is 5.85. The van der Waals surface area contributed by atoms with Crippen molar-refractivity contribution in [2.24, 2.45) is 0 Å². The first-order valence-electron chi connectivity index (χ1n) is 13.9. The van der Waals surface area contributed by atoms with Gasteiger partial charge in [0.1, 0.15) is 23.1 Å². The number of H-pyrrole nitrogens is 2. The number of fused-ring (bicyclic) bond motifs is 2. The summed E-state index contributed by atoms with van der Waals surface area (Å²) in [4.78, 5) is 15.5. The summed E-state index contributed by atoms with van der Waals surface area (Å²) in [6.45, 7) is 10.1. The standard InChI is InChI=1S/C29H39N7O2/c1-5-35-13-7-8-21(16-35)38-26-10-6-9-23-27(26)32-33-28(23)29-30-24-12-11-20(14-25(24)31-29)36-17-22(15-34(3)4)37-18-19(36)2/h6,9-12,14,19,21-22H,5,7-8,13,15-18H2,1-4H3,(H,30,31)(H,32,33). The topological polar surface area (TPSA) is 85.5 Å². The molecule has 202 valence electrons. The Kier molecular flexibility index (Phi) is 6.99. The van der Waals surface area contributed by atoms with Crippen LogP contribution in [0.2, 0.25) is 0 Å². The van der Waals surface area contributed by atoms with Gasteiger partial charge >= 0.3 is 0 Å². The predicted molar refractivity (Wildman–Crippen MR) is 152 cm³/mol. The van der Waals surface area contributed by atoms with Crippen LogP contribution < -0.4 is 9.64 Å². The maximum atomic E-state index is 6.47. The zero-order valence-corrected chi connectivity index (χ0v) is 22.9. The van der Waals surface area contributed by atoms with Gasteiger partial charge in [0.15, 0.2) is 5.82 Å². The van der Waals surface area contributed by atoms with Gasteiger partial charge in [0.25, 0.3) is 0 Å². The van der Waals surface area contributed by atoms with Crippen molar-refractivity contribution in [2.45, 2.75) is 44.9 Å². The highest BCUT2D eigenvalue weighted by molar-refractivity contribution is 5.96. The van der Waals surface area contributed by atoms with Crippen molar-refractivity contribution in [1.29, 1.82) is 0 Å². The molecule has 0 amide bonds. The summed E-state index contributed by atoms with van der Waals surface area (Å²) in [5.41, 5.74) is 4.85. The Morgan fingerprint density at radius 3 is 2.92 bits per heavy atom. The minimum absolute atomic E-state index is 0.194. The number of likely N-dealkylation sites (N-methyl/N-ethyl adjacent to an activating group) is 2. The van der Waals surface area contributed by atoms with Gasteiger partial charge in [-0.25, -0.2) is 4.98 Å². The van der Waals surface area contributed by atoms with Crippen LogP contribution in [0.15, 0.2) is 36.4 Å². The van der Waals surface area contributed by atoms with Gasteiger partial charge < -0.3 is 24.3 Å². The number of ether oxygens (including phenoxy) is 2. The molecule has 2 aromatic carbocycles. The Morgan fingerprint density at radius 2 is 2.08 bits per heavy atom. The maximum absolute atomic E-state index is 6.47. The van der Waals surface area contributed by atoms with E-state index in [4.69, 9.17) is 14.5 Å². The molecule has 3 atom stereocenters. The van der Waals surface area contributed by atoms with Crippen LogP contribution in [0, 0.1) is 0 Å². The molecule has 2 fully saturated rings. The fraction of sp³-hybridized carbons (Fsp3) is 0.517. The van der Waals surface area contributed by atoms with Crippen LogP contribution >= 0.6 is 0 Å². The molecule has 3 unspecified atom stereocenters. The molecule has 0 saturated carbocycles. The highest BCUT2D eigenvalue weighted by Gasteiger charge is 2.27. The van der Waals surface area contributed by atoms with Crippen molar-refractivity contribution in [3.63, 3.8) is 0 Å². The van der Waals surface area contributed by atoms with Gasteiger partial charge in [0, 0.05) is 36.7 Å². The highest BCUT2D eigenvalue weighted by atomic mass is 16.5. The number of piperidine rings is 1. The van der Waals surface area contributed by atoms with Crippen LogP contribution in [0.4, 0.5) is 5.69 Å². The minimum atomic E-state index is 0.194. The van der Waals surface area contributed by atoms with E-state index < -0.39 is 0 Å². The summed E-state index contributed by atoms with van der Waals surface area (Å²) in [5, 5.41) is 8.91. The van der Waals surface area contributed by atoms with Gasteiger partial charge in [0.05, 0.1) is 23.7 Å². The van der Waals surface area contributed by atoms with E-state index in [0.29, 0.717) is 6.04 Å². The van der Waals surface area contributed by atoms with E-state index in [2.05, 4.69) is 82.1 Å². The van der Waals surface area contributed by atoms with E-state index in [9.17, 15) is 0 Å². The Labute approximate surface area is 224 Å². The highest BCUT2D eigenvalue weighted by Crippen LogP contribution is 2.33. The fourth-order valence-electron chi connectivity index (χ4n) is 5.85. The molecular formula is C29H39N7O2. The molecule has 0 bridgehead atoms. The average molecular weight is 518 g/mol. The van der Waals surface area contributed by atoms with Crippen LogP contribution in [0.25, 0.3) is 33.5 Å². The minimum Gasteiger partial charge on any atom is -0.487 e. The molecule has 2 aromatic heterocycles. The van der Waals surface area contributed by atoms with Crippen LogP contribution in [0.5, 0.6) is 5.75 Å². The van der Waals surface area contributed by atoms with E-state index in [-0.39, 0.29) is 12.2 Å². The molecule has 2 aliphatic rings. The average Bonchev–Trinajstić information content (AvgIpc) is 3.54. The molecule has 9 nitrogen and oxygen atoms in total. The van der Waals surface area contributed by atoms with E-state index in [1.54, 1.807) is 0 Å². The Balaban J connectivity index is 1.26. The van der Waals surface area contributed by atoms with Gasteiger partial charge in [-0.1, -0.05) is 19.1 Å². The van der Waals surface area contributed by atoms with Crippen molar-refractivity contribution in [2.75, 3.05) is 58.3 Å². The summed E-state index contributed by atoms with van der Waals surface area (Å²) in [7, 11) is 4.18. The number of imidazole rings is 1. The number of anilines is 1. The molecule has 9 heteroatoms. The lowest BCUT2D eigenvalue weighted by atomic mass is 10.1. The van der Waals surface area contributed by atoms with Crippen LogP contribution in [-0.2, 0) is 4.74 Å². The van der Waals surface area contributed by atoms with Gasteiger partial charge in [-0.15, -0.1) is 0 Å². The first-order valence-corrected chi connectivity index (χ1v) is 13.9. The van der Waals surface area contributed by atoms with Crippen LogP contribution in [0.3, 0.4) is 0 Å². The number of nitrogens with one attached hydrogen (secondary N) is 2. The second kappa shape index (κ2) is 10.6. The van der Waals surface area contributed by atoms with Gasteiger partial charge in [0.2, 0.25) is 0 Å². The number of hydrogen-bond acceptors (Lipinski definition) is 7. The van der Waals surface area contributed by atoms with E-state index in [1.165, 1.54) is 12.1 Å². The molecule has 6 rings (SSSR count). The van der Waals surface area contributed by atoms with Crippen molar-refractivity contribution < 1.29 is 9.47 Å². The molecule has 0 radical (unpaired) electrons. The molecule has 4 aromatic rings. The number of aromatic amines is 2. The summed E-state index contributed by atoms with van der Waals surface area (Å²) < 4.78 is 12.5. The van der Waals surface area contributed by atoms with Gasteiger partial charge in [-0.05, 0) is 71.2 Å². The summed E-state index contributed by atoms with van der Waals surface area (Å²) in [6, 6.07) is 12.9. The van der Waals surface area contributed by atoms with E-state index in [0.717, 1.165) is 85.0 Å². The molecule has 38 heavy (non-hydrogen) atoms. The molecule has 0 spiro atoms. The lowest BCUT2D eigenvalue weighted by Gasteiger charge is -2.40. The smallest absolute Gasteiger partial charge is 0.159 e. The first kappa shape index (κ1) is 25.2. The summed E-state index contributed by atoms with van der Waals surface area (Å²) in [6.07, 6.45) is 2.64. The van der Waals surface area contributed by atoms with Gasteiger partial charge in [-0.3, -0.25) is 10.00 Å². The maximum Gasteiger partial charge on any atom is 0.159 e. The summed E-state index contributed by atoms with van der Waals surface area (Å²) >= 11 is 0. The second-order valence-corrected chi connectivity index (χ2v) is 11.0. The lowest BCUT2D eigenvalue weighted by molar-refractivity contribution is 0.00880.